The molecule has 4 aromatic carbocycles. The van der Waals surface area contributed by atoms with Crippen LogP contribution in [0.3, 0.4) is 0 Å². The highest BCUT2D eigenvalue weighted by molar-refractivity contribution is 7.26. The molecular formula is C36H33N3S. The van der Waals surface area contributed by atoms with Gasteiger partial charge in [0.1, 0.15) is 0 Å². The molecule has 0 unspecified atom stereocenters. The fourth-order valence-electron chi connectivity index (χ4n) is 5.60. The number of pyridine rings is 1. The molecule has 0 N–H and O–H groups in total. The Morgan fingerprint density at radius 1 is 0.625 bits per heavy atom. The molecule has 0 saturated carbocycles. The van der Waals surface area contributed by atoms with Crippen LogP contribution in [-0.4, -0.2) is 14.6 Å². The first-order chi connectivity index (χ1) is 19.1. The quantitative estimate of drug-likeness (QED) is 0.219. The molecule has 7 aromatic rings. The molecule has 0 radical (unpaired) electrons. The summed E-state index contributed by atoms with van der Waals surface area (Å²) < 4.78 is 4.78. The van der Waals surface area contributed by atoms with Crippen LogP contribution in [0.1, 0.15) is 52.7 Å². The summed E-state index contributed by atoms with van der Waals surface area (Å²) in [7, 11) is 0. The van der Waals surface area contributed by atoms with Gasteiger partial charge in [-0.2, -0.15) is 0 Å². The topological polar surface area (TPSA) is 30.2 Å². The summed E-state index contributed by atoms with van der Waals surface area (Å²) in [5.74, 6) is 0.859. The maximum absolute atomic E-state index is 4.59. The van der Waals surface area contributed by atoms with Gasteiger partial charge in [0.2, 0.25) is 0 Å². The van der Waals surface area contributed by atoms with Crippen LogP contribution >= 0.6 is 11.3 Å². The minimum absolute atomic E-state index is 0.0436. The number of nitrogens with zero attached hydrogens (tertiary/aromatic N) is 3. The van der Waals surface area contributed by atoms with E-state index in [1.165, 1.54) is 47.8 Å². The maximum atomic E-state index is 4.59. The zero-order valence-electron chi connectivity index (χ0n) is 23.9. The molecule has 3 heterocycles. The molecule has 7 rings (SSSR count). The molecule has 0 aliphatic rings. The van der Waals surface area contributed by atoms with E-state index in [9.17, 15) is 0 Å². The molecule has 4 heteroatoms. The molecule has 0 aliphatic carbocycles. The SMILES string of the molecule is CC(C)(C)c1ccc2sc3c(-c4ccc(-c5nnc6c7ccccc7ccn56)cc4)cc(C(C)(C)C)cc3c2c1. The van der Waals surface area contributed by atoms with Crippen molar-refractivity contribution >= 4 is 47.9 Å². The second kappa shape index (κ2) is 8.74. The van der Waals surface area contributed by atoms with Crippen molar-refractivity contribution in [3.05, 3.63) is 102 Å². The van der Waals surface area contributed by atoms with Gasteiger partial charge in [-0.3, -0.25) is 4.40 Å². The van der Waals surface area contributed by atoms with Gasteiger partial charge < -0.3 is 0 Å². The molecule has 198 valence electrons. The van der Waals surface area contributed by atoms with Crippen molar-refractivity contribution in [3.8, 4) is 22.5 Å². The molecule has 0 atom stereocenters. The van der Waals surface area contributed by atoms with Crippen molar-refractivity contribution < 1.29 is 0 Å². The van der Waals surface area contributed by atoms with Crippen molar-refractivity contribution in [2.75, 3.05) is 0 Å². The van der Waals surface area contributed by atoms with Crippen LogP contribution in [0.15, 0.2) is 91.1 Å². The third-order valence-corrected chi connectivity index (χ3v) is 9.28. The van der Waals surface area contributed by atoms with E-state index in [0.29, 0.717) is 0 Å². The molecular weight excluding hydrogens is 506 g/mol. The number of aromatic nitrogens is 3. The van der Waals surface area contributed by atoms with Crippen molar-refractivity contribution in [1.29, 1.82) is 0 Å². The van der Waals surface area contributed by atoms with Gasteiger partial charge in [0.25, 0.3) is 0 Å². The largest absolute Gasteiger partial charge is 0.282 e. The van der Waals surface area contributed by atoms with Gasteiger partial charge in [0.05, 0.1) is 0 Å². The first kappa shape index (κ1) is 25.0. The van der Waals surface area contributed by atoms with Crippen molar-refractivity contribution in [1.82, 2.24) is 14.6 Å². The van der Waals surface area contributed by atoms with Crippen LogP contribution in [0.25, 0.3) is 59.1 Å². The molecule has 0 amide bonds. The number of hydrogen-bond acceptors (Lipinski definition) is 3. The van der Waals surface area contributed by atoms with Gasteiger partial charge in [-0.25, -0.2) is 0 Å². The Hall–Kier alpha value is -4.02. The predicted molar refractivity (Wildman–Crippen MR) is 172 cm³/mol. The van der Waals surface area contributed by atoms with Gasteiger partial charge in [-0.05, 0) is 68.8 Å². The predicted octanol–water partition coefficient (Wildman–Crippen LogP) is 10.2. The van der Waals surface area contributed by atoms with E-state index in [0.717, 1.165) is 22.4 Å². The Labute approximate surface area is 239 Å². The van der Waals surface area contributed by atoms with Gasteiger partial charge in [0, 0.05) is 37.3 Å². The first-order valence-electron chi connectivity index (χ1n) is 13.9. The zero-order chi connectivity index (χ0) is 27.8. The molecule has 0 fully saturated rings. The standard InChI is InChI=1S/C36H33N3S/c1-35(2,3)25-15-16-31-29(19-25)30-21-26(36(4,5)6)20-28(32(30)40-31)23-11-13-24(14-12-23)33-37-38-34-27-10-8-7-9-22(27)17-18-39(33)34/h7-21H,1-6H3. The van der Waals surface area contributed by atoms with E-state index in [2.05, 4.69) is 147 Å². The smallest absolute Gasteiger partial charge is 0.168 e. The number of fused-ring (bicyclic) bond motifs is 6. The summed E-state index contributed by atoms with van der Waals surface area (Å²) in [4.78, 5) is 0. The lowest BCUT2D eigenvalue weighted by Gasteiger charge is -2.21. The summed E-state index contributed by atoms with van der Waals surface area (Å²) in [6, 6.07) is 31.1. The van der Waals surface area contributed by atoms with E-state index in [4.69, 9.17) is 0 Å². The van der Waals surface area contributed by atoms with Crippen LogP contribution in [0.4, 0.5) is 0 Å². The number of hydrogen-bond donors (Lipinski definition) is 0. The molecule has 0 spiro atoms. The Morgan fingerprint density at radius 3 is 2.08 bits per heavy atom. The van der Waals surface area contributed by atoms with E-state index >= 15 is 0 Å². The maximum Gasteiger partial charge on any atom is 0.168 e. The molecule has 0 bridgehead atoms. The Kier molecular flexibility index (Phi) is 5.46. The third kappa shape index (κ3) is 4.01. The first-order valence-corrected chi connectivity index (χ1v) is 14.7. The Morgan fingerprint density at radius 2 is 1.32 bits per heavy atom. The fraction of sp³-hybridized carbons (Fsp3) is 0.222. The average Bonchev–Trinajstić information content (AvgIpc) is 3.53. The molecule has 3 aromatic heterocycles. The summed E-state index contributed by atoms with van der Waals surface area (Å²) >= 11 is 1.90. The van der Waals surface area contributed by atoms with Gasteiger partial charge in [-0.15, -0.1) is 21.5 Å². The van der Waals surface area contributed by atoms with Gasteiger partial charge in [-0.1, -0.05) is 96.1 Å². The third-order valence-electron chi connectivity index (χ3n) is 8.06. The summed E-state index contributed by atoms with van der Waals surface area (Å²) in [5, 5.41) is 14.1. The van der Waals surface area contributed by atoms with Gasteiger partial charge in [0.15, 0.2) is 11.5 Å². The lowest BCUT2D eigenvalue weighted by molar-refractivity contribution is 0.590. The lowest BCUT2D eigenvalue weighted by Crippen LogP contribution is -2.11. The number of benzene rings is 4. The monoisotopic (exact) mass is 539 g/mol. The molecule has 0 aliphatic heterocycles. The average molecular weight is 540 g/mol. The van der Waals surface area contributed by atoms with E-state index in [-0.39, 0.29) is 10.8 Å². The summed E-state index contributed by atoms with van der Waals surface area (Å²) in [6.07, 6.45) is 2.07. The number of rotatable bonds is 2. The van der Waals surface area contributed by atoms with Crippen LogP contribution in [0, 0.1) is 0 Å². The van der Waals surface area contributed by atoms with Crippen molar-refractivity contribution in [3.63, 3.8) is 0 Å². The lowest BCUT2D eigenvalue weighted by atomic mass is 9.83. The van der Waals surface area contributed by atoms with Crippen molar-refractivity contribution in [2.24, 2.45) is 0 Å². The van der Waals surface area contributed by atoms with Crippen LogP contribution < -0.4 is 0 Å². The second-order valence-electron chi connectivity index (χ2n) is 12.9. The minimum atomic E-state index is 0.0436. The second-order valence-corrected chi connectivity index (χ2v) is 14.0. The fourth-order valence-corrected chi connectivity index (χ4v) is 6.81. The zero-order valence-corrected chi connectivity index (χ0v) is 24.7. The van der Waals surface area contributed by atoms with Crippen LogP contribution in [0.5, 0.6) is 0 Å². The van der Waals surface area contributed by atoms with Crippen LogP contribution in [0.2, 0.25) is 0 Å². The Bertz CT molecular complexity index is 2060. The normalized spacial score (nSPS) is 12.8. The van der Waals surface area contributed by atoms with E-state index < -0.39 is 0 Å². The van der Waals surface area contributed by atoms with Gasteiger partial charge >= 0.3 is 0 Å². The van der Waals surface area contributed by atoms with Crippen LogP contribution in [-0.2, 0) is 10.8 Å². The highest BCUT2D eigenvalue weighted by atomic mass is 32.1. The summed E-state index contributed by atoms with van der Waals surface area (Å²) in [6.45, 7) is 13.8. The summed E-state index contributed by atoms with van der Waals surface area (Å²) in [5.41, 5.74) is 7.35. The highest BCUT2D eigenvalue weighted by Gasteiger charge is 2.21. The number of thiophene rings is 1. The van der Waals surface area contributed by atoms with E-state index in [1.54, 1.807) is 0 Å². The molecule has 3 nitrogen and oxygen atoms in total. The molecule has 0 saturated heterocycles. The Balaban J connectivity index is 1.39. The molecule has 40 heavy (non-hydrogen) atoms. The highest BCUT2D eigenvalue weighted by Crippen LogP contribution is 2.44. The minimum Gasteiger partial charge on any atom is -0.282 e. The van der Waals surface area contributed by atoms with Crippen molar-refractivity contribution in [2.45, 2.75) is 52.4 Å². The van der Waals surface area contributed by atoms with E-state index in [1.807, 2.05) is 11.3 Å².